The van der Waals surface area contributed by atoms with Crippen molar-refractivity contribution in [2.45, 2.75) is 64.6 Å². The zero-order valence-corrected chi connectivity index (χ0v) is 24.6. The zero-order valence-electron chi connectivity index (χ0n) is 24.6. The molecule has 2 N–H and O–H groups in total. The molecule has 0 spiro atoms. The summed E-state index contributed by atoms with van der Waals surface area (Å²) < 4.78 is 9.80. The molecule has 1 aliphatic heterocycles. The Morgan fingerprint density at radius 3 is 2.63 bits per heavy atom. The predicted molar refractivity (Wildman–Crippen MR) is 159 cm³/mol. The molecule has 2 fully saturated rings. The minimum absolute atomic E-state index is 0.0492. The highest BCUT2D eigenvalue weighted by Gasteiger charge is 2.29. The van der Waals surface area contributed by atoms with Crippen molar-refractivity contribution in [3.05, 3.63) is 48.2 Å². The number of carbonyl (C=O) groups excluding carboxylic acids is 2. The van der Waals surface area contributed by atoms with Crippen molar-refractivity contribution in [1.29, 1.82) is 0 Å². The Balaban J connectivity index is 0.00000165. The SMILES string of the molecule is CO.Cn1c(-c2cc3cccnc3n2CC2CC2)nc2cc(C(=O)N3CCCC(NC(=O)OC(C)(C)C)C3)ccc21. The Labute approximate surface area is 240 Å². The molecular weight excluding hydrogens is 520 g/mol. The van der Waals surface area contributed by atoms with Crippen LogP contribution >= 0.6 is 0 Å². The molecule has 3 aromatic heterocycles. The van der Waals surface area contributed by atoms with Crippen LogP contribution in [-0.4, -0.2) is 73.0 Å². The number of aliphatic hydroxyl groups is 1. The number of alkyl carbamates (subject to hydrolysis) is 1. The number of nitrogens with one attached hydrogen (secondary N) is 1. The van der Waals surface area contributed by atoms with Crippen molar-refractivity contribution >= 4 is 34.1 Å². The molecule has 0 radical (unpaired) electrons. The monoisotopic (exact) mass is 560 g/mol. The predicted octanol–water partition coefficient (Wildman–Crippen LogP) is 4.74. The number of aliphatic hydroxyl groups excluding tert-OH is 1. The van der Waals surface area contributed by atoms with Gasteiger partial charge in [-0.15, -0.1) is 0 Å². The van der Waals surface area contributed by atoms with Crippen LogP contribution in [0.1, 0.15) is 56.8 Å². The third-order valence-electron chi connectivity index (χ3n) is 7.58. The molecule has 10 heteroatoms. The first-order chi connectivity index (χ1) is 19.7. The lowest BCUT2D eigenvalue weighted by Gasteiger charge is -2.33. The van der Waals surface area contributed by atoms with E-state index in [1.54, 1.807) is 0 Å². The smallest absolute Gasteiger partial charge is 0.407 e. The molecule has 0 bridgehead atoms. The average molecular weight is 561 g/mol. The molecule has 1 atom stereocenters. The molecule has 218 valence electrons. The lowest BCUT2D eigenvalue weighted by atomic mass is 10.0. The normalized spacial score (nSPS) is 17.3. The number of aromatic nitrogens is 4. The van der Waals surface area contributed by atoms with Gasteiger partial charge in [0.05, 0.1) is 16.7 Å². The van der Waals surface area contributed by atoms with Crippen LogP contribution in [0.25, 0.3) is 33.6 Å². The maximum atomic E-state index is 13.5. The molecule has 4 aromatic rings. The van der Waals surface area contributed by atoms with Crippen molar-refractivity contribution < 1.29 is 19.4 Å². The van der Waals surface area contributed by atoms with E-state index in [-0.39, 0.29) is 11.9 Å². The summed E-state index contributed by atoms with van der Waals surface area (Å²) in [6.45, 7) is 7.57. The fourth-order valence-electron chi connectivity index (χ4n) is 5.51. The maximum absolute atomic E-state index is 13.5. The number of aryl methyl sites for hydroxylation is 1. The van der Waals surface area contributed by atoms with E-state index in [9.17, 15) is 9.59 Å². The standard InChI is InChI=1S/C30H36N6O3.CH4O/c1-30(2,3)39-29(38)32-22-8-6-14-35(18-22)28(37)21-11-12-24-23(15-21)33-27(34(24)4)25-16-20-7-5-13-31-26(20)36(25)17-19-9-10-19;1-2/h5,7,11-13,15-16,19,22H,6,8-10,14,17-18H2,1-4H3,(H,32,38);2H,1H3. The van der Waals surface area contributed by atoms with Gasteiger partial charge in [-0.05, 0) is 88.8 Å². The third kappa shape index (κ3) is 6.22. The molecule has 6 rings (SSSR count). The number of piperidine rings is 1. The van der Waals surface area contributed by atoms with Gasteiger partial charge in [-0.3, -0.25) is 4.79 Å². The number of hydrogen-bond acceptors (Lipinski definition) is 6. The van der Waals surface area contributed by atoms with Crippen molar-refractivity contribution in [3.63, 3.8) is 0 Å². The summed E-state index contributed by atoms with van der Waals surface area (Å²) in [6.07, 6.45) is 5.54. The summed E-state index contributed by atoms with van der Waals surface area (Å²) in [5, 5.41) is 11.0. The average Bonchev–Trinajstić information content (AvgIpc) is 3.62. The summed E-state index contributed by atoms with van der Waals surface area (Å²) in [4.78, 5) is 37.3. The highest BCUT2D eigenvalue weighted by molar-refractivity contribution is 5.98. The van der Waals surface area contributed by atoms with Crippen molar-refractivity contribution in [3.8, 4) is 11.5 Å². The number of fused-ring (bicyclic) bond motifs is 2. The topological polar surface area (TPSA) is 115 Å². The number of amides is 2. The summed E-state index contributed by atoms with van der Waals surface area (Å²) >= 11 is 0. The van der Waals surface area contributed by atoms with E-state index in [2.05, 4.69) is 31.6 Å². The fourth-order valence-corrected chi connectivity index (χ4v) is 5.51. The van der Waals surface area contributed by atoms with Gasteiger partial charge in [-0.25, -0.2) is 14.8 Å². The lowest BCUT2D eigenvalue weighted by molar-refractivity contribution is 0.0452. The molecule has 1 saturated carbocycles. The van der Waals surface area contributed by atoms with Crippen molar-refractivity contribution in [1.82, 2.24) is 29.3 Å². The highest BCUT2D eigenvalue weighted by atomic mass is 16.6. The number of likely N-dealkylation sites (tertiary alicyclic amines) is 1. The van der Waals surface area contributed by atoms with Gasteiger partial charge < -0.3 is 29.2 Å². The fraction of sp³-hybridized carbons (Fsp3) is 0.484. The van der Waals surface area contributed by atoms with Gasteiger partial charge in [-0.2, -0.15) is 0 Å². The molecule has 10 nitrogen and oxygen atoms in total. The van der Waals surface area contributed by atoms with E-state index in [0.717, 1.165) is 60.1 Å². The van der Waals surface area contributed by atoms with Crippen LogP contribution in [0.4, 0.5) is 4.79 Å². The number of ether oxygens (including phenoxy) is 1. The van der Waals surface area contributed by atoms with E-state index in [1.807, 2.05) is 63.2 Å². The zero-order chi connectivity index (χ0) is 29.3. The summed E-state index contributed by atoms with van der Waals surface area (Å²) in [6, 6.07) is 11.8. The first-order valence-electron chi connectivity index (χ1n) is 14.3. The Morgan fingerprint density at radius 1 is 1.12 bits per heavy atom. The number of benzene rings is 1. The summed E-state index contributed by atoms with van der Waals surface area (Å²) in [5.41, 5.74) is 3.84. The van der Waals surface area contributed by atoms with Gasteiger partial charge in [0.2, 0.25) is 0 Å². The van der Waals surface area contributed by atoms with E-state index in [4.69, 9.17) is 14.8 Å². The van der Waals surface area contributed by atoms with Gasteiger partial charge in [0.15, 0.2) is 5.82 Å². The Morgan fingerprint density at radius 2 is 1.90 bits per heavy atom. The van der Waals surface area contributed by atoms with Crippen molar-refractivity contribution in [2.24, 2.45) is 13.0 Å². The number of carbonyl (C=O) groups is 2. The minimum Gasteiger partial charge on any atom is -0.444 e. The van der Waals surface area contributed by atoms with Crippen LogP contribution in [0.3, 0.4) is 0 Å². The molecular formula is C31H40N6O4. The van der Waals surface area contributed by atoms with Crippen LogP contribution in [0.15, 0.2) is 42.6 Å². The van der Waals surface area contributed by atoms with Gasteiger partial charge in [0.1, 0.15) is 11.2 Å². The highest BCUT2D eigenvalue weighted by Crippen LogP contribution is 2.36. The van der Waals surface area contributed by atoms with Crippen molar-refractivity contribution in [2.75, 3.05) is 20.2 Å². The summed E-state index contributed by atoms with van der Waals surface area (Å²) in [7, 11) is 3.02. The number of pyridine rings is 1. The first-order valence-corrected chi connectivity index (χ1v) is 14.3. The van der Waals surface area contributed by atoms with Crippen LogP contribution in [0.5, 0.6) is 0 Å². The largest absolute Gasteiger partial charge is 0.444 e. The molecule has 2 aliphatic rings. The Bertz CT molecular complexity index is 1560. The van der Waals surface area contributed by atoms with E-state index in [1.165, 1.54) is 12.8 Å². The molecule has 1 saturated heterocycles. The van der Waals surface area contributed by atoms with E-state index >= 15 is 0 Å². The van der Waals surface area contributed by atoms with Crippen LogP contribution < -0.4 is 5.32 Å². The third-order valence-corrected chi connectivity index (χ3v) is 7.58. The molecule has 4 heterocycles. The molecule has 1 aromatic carbocycles. The first kappa shape index (κ1) is 28.6. The van der Waals surface area contributed by atoms with Gasteiger partial charge in [0, 0.05) is 57.0 Å². The quantitative estimate of drug-likeness (QED) is 0.365. The molecule has 1 unspecified atom stereocenters. The number of imidazole rings is 1. The molecule has 2 amide bonds. The number of rotatable bonds is 5. The van der Waals surface area contributed by atoms with E-state index in [0.29, 0.717) is 24.6 Å². The number of hydrogen-bond donors (Lipinski definition) is 2. The van der Waals surface area contributed by atoms with Crippen LogP contribution in [0, 0.1) is 5.92 Å². The second-order valence-electron chi connectivity index (χ2n) is 11.9. The molecule has 41 heavy (non-hydrogen) atoms. The minimum atomic E-state index is -0.562. The van der Waals surface area contributed by atoms with Gasteiger partial charge in [-0.1, -0.05) is 0 Å². The maximum Gasteiger partial charge on any atom is 0.407 e. The van der Waals surface area contributed by atoms with Gasteiger partial charge >= 0.3 is 6.09 Å². The molecule has 1 aliphatic carbocycles. The lowest BCUT2D eigenvalue weighted by Crippen LogP contribution is -2.50. The Kier molecular flexibility index (Phi) is 8.04. The van der Waals surface area contributed by atoms with Crippen LogP contribution in [0.2, 0.25) is 0 Å². The second kappa shape index (κ2) is 11.5. The van der Waals surface area contributed by atoms with Crippen LogP contribution in [-0.2, 0) is 18.3 Å². The van der Waals surface area contributed by atoms with E-state index < -0.39 is 11.7 Å². The summed E-state index contributed by atoms with van der Waals surface area (Å²) in [5.74, 6) is 1.51. The Hall–Kier alpha value is -3.92. The second-order valence-corrected chi connectivity index (χ2v) is 11.9. The van der Waals surface area contributed by atoms with Gasteiger partial charge in [0.25, 0.3) is 5.91 Å². The number of nitrogens with zero attached hydrogens (tertiary/aromatic N) is 5.